The first-order chi connectivity index (χ1) is 15.7. The summed E-state index contributed by atoms with van der Waals surface area (Å²) in [5.41, 5.74) is 2.46. The summed E-state index contributed by atoms with van der Waals surface area (Å²) in [6.07, 6.45) is 0.454. The van der Waals surface area contributed by atoms with E-state index in [1.807, 2.05) is 13.8 Å². The molecule has 0 spiro atoms. The van der Waals surface area contributed by atoms with Crippen molar-refractivity contribution in [1.29, 1.82) is 0 Å². The molecule has 0 aromatic heterocycles. The predicted molar refractivity (Wildman–Crippen MR) is 130 cm³/mol. The molecule has 178 valence electrons. The van der Waals surface area contributed by atoms with E-state index < -0.39 is 23.8 Å². The Hall–Kier alpha value is -1.96. The second kappa shape index (κ2) is 11.0. The Kier molecular flexibility index (Phi) is 8.54. The van der Waals surface area contributed by atoms with Crippen molar-refractivity contribution in [3.05, 3.63) is 56.3 Å². The highest BCUT2D eigenvalue weighted by Crippen LogP contribution is 2.47. The molecule has 1 N–H and O–H groups in total. The number of thioether (sulfide) groups is 1. The lowest BCUT2D eigenvalue weighted by molar-refractivity contribution is -0.151. The van der Waals surface area contributed by atoms with Crippen LogP contribution in [-0.4, -0.2) is 42.9 Å². The number of nitrogens with one attached hydrogen (secondary N) is 1. The Balaban J connectivity index is 2.11. The summed E-state index contributed by atoms with van der Waals surface area (Å²) >= 11 is 14.3. The fourth-order valence-electron chi connectivity index (χ4n) is 4.41. The van der Waals surface area contributed by atoms with Gasteiger partial charge in [0.15, 0.2) is 5.78 Å². The topological polar surface area (TPSA) is 81.7 Å². The van der Waals surface area contributed by atoms with Crippen molar-refractivity contribution in [2.45, 2.75) is 33.1 Å². The summed E-state index contributed by atoms with van der Waals surface area (Å²) in [5.74, 6) is -1.91. The number of hydrogen-bond acceptors (Lipinski definition) is 7. The molecule has 0 saturated heterocycles. The number of halogens is 2. The van der Waals surface area contributed by atoms with E-state index in [2.05, 4.69) is 5.32 Å². The third kappa shape index (κ3) is 5.26. The summed E-state index contributed by atoms with van der Waals surface area (Å²) in [4.78, 5) is 39.4. The molecule has 0 saturated carbocycles. The van der Waals surface area contributed by atoms with Crippen molar-refractivity contribution < 1.29 is 23.9 Å². The van der Waals surface area contributed by atoms with E-state index in [0.29, 0.717) is 50.3 Å². The fraction of sp³-hybridized carbons (Fsp3) is 0.458. The third-order valence-electron chi connectivity index (χ3n) is 5.90. The minimum atomic E-state index is -0.958. The van der Waals surface area contributed by atoms with E-state index >= 15 is 0 Å². The lowest BCUT2D eigenvalue weighted by Crippen LogP contribution is -2.43. The summed E-state index contributed by atoms with van der Waals surface area (Å²) in [6.45, 7) is 5.89. The number of dihydropyridines is 1. The van der Waals surface area contributed by atoms with Gasteiger partial charge in [0.05, 0.1) is 12.7 Å². The van der Waals surface area contributed by atoms with Gasteiger partial charge in [-0.05, 0) is 42.7 Å². The van der Waals surface area contributed by atoms with Gasteiger partial charge in [-0.2, -0.15) is 11.8 Å². The van der Waals surface area contributed by atoms with E-state index in [1.54, 1.807) is 36.9 Å². The number of benzene rings is 1. The van der Waals surface area contributed by atoms with Gasteiger partial charge in [-0.15, -0.1) is 0 Å². The zero-order valence-electron chi connectivity index (χ0n) is 19.0. The maximum Gasteiger partial charge on any atom is 0.336 e. The molecule has 9 heteroatoms. The zero-order chi connectivity index (χ0) is 24.3. The van der Waals surface area contributed by atoms with Crippen LogP contribution < -0.4 is 5.32 Å². The summed E-state index contributed by atoms with van der Waals surface area (Å²) in [5, 5.41) is 3.99. The van der Waals surface area contributed by atoms with Gasteiger partial charge in [-0.25, -0.2) is 4.79 Å². The van der Waals surface area contributed by atoms with Crippen molar-refractivity contribution in [3.63, 3.8) is 0 Å². The normalized spacial score (nSPS) is 22.6. The first kappa shape index (κ1) is 25.7. The molecular formula is C24H27Cl2NO5S. The van der Waals surface area contributed by atoms with Crippen LogP contribution in [0.5, 0.6) is 0 Å². The first-order valence-corrected chi connectivity index (χ1v) is 12.6. The van der Waals surface area contributed by atoms with Crippen molar-refractivity contribution in [1.82, 2.24) is 5.32 Å². The van der Waals surface area contributed by atoms with Gasteiger partial charge in [0.1, 0.15) is 12.5 Å². The molecule has 1 heterocycles. The number of esters is 2. The highest BCUT2D eigenvalue weighted by molar-refractivity contribution is 7.99. The van der Waals surface area contributed by atoms with Gasteiger partial charge in [-0.3, -0.25) is 9.59 Å². The van der Waals surface area contributed by atoms with Crippen LogP contribution in [0.2, 0.25) is 10.0 Å². The highest BCUT2D eigenvalue weighted by Gasteiger charge is 2.47. The van der Waals surface area contributed by atoms with Crippen molar-refractivity contribution in [3.8, 4) is 0 Å². The molecule has 3 unspecified atom stereocenters. The number of methoxy groups -OCH3 is 1. The molecule has 0 amide bonds. The summed E-state index contributed by atoms with van der Waals surface area (Å²) < 4.78 is 10.5. The number of ether oxygens (including phenoxy) is 2. The Labute approximate surface area is 208 Å². The molecule has 1 aliphatic carbocycles. The van der Waals surface area contributed by atoms with Crippen LogP contribution in [0.15, 0.2) is 40.7 Å². The number of allylic oxidation sites excluding steroid dienone is 3. The van der Waals surface area contributed by atoms with Crippen molar-refractivity contribution in [2.75, 3.05) is 25.2 Å². The van der Waals surface area contributed by atoms with Gasteiger partial charge in [0, 0.05) is 38.7 Å². The molecular weight excluding hydrogens is 485 g/mol. The third-order valence-corrected chi connectivity index (χ3v) is 7.33. The Morgan fingerprint density at radius 2 is 2.00 bits per heavy atom. The molecule has 6 nitrogen and oxygen atoms in total. The number of carbonyl (C=O) groups is 3. The van der Waals surface area contributed by atoms with Gasteiger partial charge in [0.2, 0.25) is 0 Å². The minimum Gasteiger partial charge on any atom is -0.468 e. The second-order valence-electron chi connectivity index (χ2n) is 8.03. The Bertz CT molecular complexity index is 1040. The lowest BCUT2D eigenvalue weighted by atomic mass is 9.69. The number of ketones is 1. The number of hydrogen-bond donors (Lipinski definition) is 1. The maximum absolute atomic E-state index is 13.7. The Morgan fingerprint density at radius 1 is 1.27 bits per heavy atom. The standard InChI is InChI=1S/C24H27Cl2NO5S/c1-5-33-9-8-32-24(30)19-13(3)27-17-10-12(2)18(23(29)31-4)22(28)21(17)20(19)15-7-6-14(25)11-16(15)26/h6-7,11-12,18,20,27H,5,8-10H2,1-4H3. The van der Waals surface area contributed by atoms with Crippen LogP contribution in [0.3, 0.4) is 0 Å². The van der Waals surface area contributed by atoms with E-state index in [1.165, 1.54) is 7.11 Å². The maximum atomic E-state index is 13.7. The van der Waals surface area contributed by atoms with Crippen LogP contribution in [0.1, 0.15) is 38.7 Å². The SMILES string of the molecule is CCSCCOC(=O)C1=C(C)NC2=C(C(=O)C(C(=O)OC)C(C)C2)C1c1ccc(Cl)cc1Cl. The molecule has 1 aromatic carbocycles. The Morgan fingerprint density at radius 3 is 2.64 bits per heavy atom. The van der Waals surface area contributed by atoms with Crippen LogP contribution >= 0.6 is 35.0 Å². The van der Waals surface area contributed by atoms with Crippen molar-refractivity contribution in [2.24, 2.45) is 11.8 Å². The average molecular weight is 512 g/mol. The molecule has 1 aliphatic heterocycles. The van der Waals surface area contributed by atoms with Gasteiger partial charge in [-0.1, -0.05) is 43.1 Å². The van der Waals surface area contributed by atoms with Crippen LogP contribution in [0.4, 0.5) is 0 Å². The van der Waals surface area contributed by atoms with Crippen LogP contribution in [0, 0.1) is 11.8 Å². The minimum absolute atomic E-state index is 0.247. The molecule has 3 rings (SSSR count). The number of rotatable bonds is 7. The molecule has 2 aliphatic rings. The first-order valence-electron chi connectivity index (χ1n) is 10.7. The van der Waals surface area contributed by atoms with E-state index in [-0.39, 0.29) is 18.3 Å². The summed E-state index contributed by atoms with van der Waals surface area (Å²) in [6, 6.07) is 4.94. The molecule has 1 aromatic rings. The zero-order valence-corrected chi connectivity index (χ0v) is 21.3. The predicted octanol–water partition coefficient (Wildman–Crippen LogP) is 4.90. The molecule has 3 atom stereocenters. The number of carbonyl (C=O) groups excluding carboxylic acids is 3. The molecule has 0 fully saturated rings. The van der Waals surface area contributed by atoms with Crippen LogP contribution in [0.25, 0.3) is 0 Å². The molecule has 0 radical (unpaired) electrons. The monoisotopic (exact) mass is 511 g/mol. The second-order valence-corrected chi connectivity index (χ2v) is 10.3. The van der Waals surface area contributed by atoms with E-state index in [9.17, 15) is 14.4 Å². The van der Waals surface area contributed by atoms with Crippen LogP contribution in [-0.2, 0) is 23.9 Å². The van der Waals surface area contributed by atoms with Crippen molar-refractivity contribution >= 4 is 52.7 Å². The lowest BCUT2D eigenvalue weighted by Gasteiger charge is -2.38. The smallest absolute Gasteiger partial charge is 0.336 e. The van der Waals surface area contributed by atoms with Gasteiger partial charge >= 0.3 is 11.9 Å². The summed E-state index contributed by atoms with van der Waals surface area (Å²) in [7, 11) is 1.26. The van der Waals surface area contributed by atoms with E-state index in [4.69, 9.17) is 32.7 Å². The molecule has 33 heavy (non-hydrogen) atoms. The van der Waals surface area contributed by atoms with E-state index in [0.717, 1.165) is 5.75 Å². The fourth-order valence-corrected chi connectivity index (χ4v) is 5.42. The van der Waals surface area contributed by atoms with Gasteiger partial charge < -0.3 is 14.8 Å². The average Bonchev–Trinajstić information content (AvgIpc) is 2.75. The molecule has 0 bridgehead atoms. The quantitative estimate of drug-likeness (QED) is 0.316. The van der Waals surface area contributed by atoms with Gasteiger partial charge in [0.25, 0.3) is 0 Å². The largest absolute Gasteiger partial charge is 0.468 e. The number of Topliss-reactive ketones (excluding diaryl/α,β-unsaturated/α-hetero) is 1. The highest BCUT2D eigenvalue weighted by atomic mass is 35.5.